The van der Waals surface area contributed by atoms with E-state index in [0.717, 1.165) is 0 Å². The summed E-state index contributed by atoms with van der Waals surface area (Å²) >= 11 is 0. The molecule has 0 aromatic carbocycles. The topological polar surface area (TPSA) is 81.4 Å². The Labute approximate surface area is 94.4 Å². The first kappa shape index (κ1) is 13.3. The zero-order valence-electron chi connectivity index (χ0n) is 8.62. The van der Waals surface area contributed by atoms with E-state index in [0.29, 0.717) is 4.90 Å². The maximum Gasteiger partial charge on any atom is 0.471 e. The molecule has 0 aliphatic carbocycles. The first-order valence-corrected chi connectivity index (χ1v) is 4.74. The van der Waals surface area contributed by atoms with Crippen LogP contribution in [0.3, 0.4) is 0 Å². The van der Waals surface area contributed by atoms with Crippen LogP contribution < -0.4 is 0 Å². The van der Waals surface area contributed by atoms with E-state index in [4.69, 9.17) is 10.4 Å². The molecular formula is C9H9F3N2O3. The van der Waals surface area contributed by atoms with Gasteiger partial charge in [-0.2, -0.15) is 18.4 Å². The molecule has 1 saturated heterocycles. The molecule has 1 N–H and O–H groups in total. The fourth-order valence-corrected chi connectivity index (χ4v) is 1.72. The minimum Gasteiger partial charge on any atom is -0.480 e. The number of alkyl halides is 3. The molecular weight excluding hydrogens is 241 g/mol. The van der Waals surface area contributed by atoms with Crippen LogP contribution in [0.5, 0.6) is 0 Å². The van der Waals surface area contributed by atoms with Crippen LogP contribution in [0.4, 0.5) is 13.2 Å². The molecule has 0 spiro atoms. The molecule has 1 unspecified atom stereocenters. The fourth-order valence-electron chi connectivity index (χ4n) is 1.72. The molecule has 1 aliphatic rings. The molecule has 1 amide bonds. The van der Waals surface area contributed by atoms with Crippen LogP contribution in [-0.2, 0) is 9.59 Å². The predicted molar refractivity (Wildman–Crippen MR) is 47.6 cm³/mol. The molecule has 0 radical (unpaired) electrons. The highest BCUT2D eigenvalue weighted by Crippen LogP contribution is 2.31. The lowest BCUT2D eigenvalue weighted by Crippen LogP contribution is -2.52. The maximum absolute atomic E-state index is 12.2. The number of rotatable bonds is 1. The second-order valence-electron chi connectivity index (χ2n) is 3.83. The molecule has 1 fully saturated rings. The Kier molecular flexibility index (Phi) is 3.31. The molecule has 1 aliphatic heterocycles. The Bertz CT molecular complexity index is 388. The third-order valence-corrected chi connectivity index (χ3v) is 2.65. The minimum absolute atomic E-state index is 0.0551. The number of carbonyl (C=O) groups excluding carboxylic acids is 1. The summed E-state index contributed by atoms with van der Waals surface area (Å²) in [6.45, 7) is -0.910. The minimum atomic E-state index is -5.04. The molecule has 5 nitrogen and oxygen atoms in total. The summed E-state index contributed by atoms with van der Waals surface area (Å²) in [5.41, 5.74) is -1.93. The summed E-state index contributed by atoms with van der Waals surface area (Å²) in [5.74, 6) is -3.60. The number of carboxylic acid groups (broad SMARTS) is 1. The van der Waals surface area contributed by atoms with Gasteiger partial charge in [-0.15, -0.1) is 0 Å². The third kappa shape index (κ3) is 2.49. The number of amides is 1. The molecule has 0 aromatic heterocycles. The van der Waals surface area contributed by atoms with Crippen molar-refractivity contribution < 1.29 is 27.9 Å². The number of hydrogen-bond acceptors (Lipinski definition) is 3. The standard InChI is InChI=1S/C9H9F3N2O3/c10-9(11,12)6(15)14-3-1-2-8(4-13,5-14)7(16)17/h1-3,5H2,(H,16,17). The summed E-state index contributed by atoms with van der Waals surface area (Å²) in [6.07, 6.45) is -5.04. The molecule has 1 heterocycles. The first-order chi connectivity index (χ1) is 7.73. The number of hydrogen-bond donors (Lipinski definition) is 1. The van der Waals surface area contributed by atoms with E-state index in [1.54, 1.807) is 0 Å². The van der Waals surface area contributed by atoms with Gasteiger partial charge < -0.3 is 10.0 Å². The van der Waals surface area contributed by atoms with Crippen molar-refractivity contribution >= 4 is 11.9 Å². The molecule has 8 heteroatoms. The van der Waals surface area contributed by atoms with Crippen molar-refractivity contribution in [2.45, 2.75) is 19.0 Å². The van der Waals surface area contributed by atoms with Crippen LogP contribution in [0.2, 0.25) is 0 Å². The van der Waals surface area contributed by atoms with E-state index < -0.39 is 30.0 Å². The average Bonchev–Trinajstić information content (AvgIpc) is 2.26. The third-order valence-electron chi connectivity index (χ3n) is 2.65. The number of nitrogens with zero attached hydrogens (tertiary/aromatic N) is 2. The highest BCUT2D eigenvalue weighted by atomic mass is 19.4. The highest BCUT2D eigenvalue weighted by molar-refractivity contribution is 5.84. The molecule has 0 bridgehead atoms. The molecule has 94 valence electrons. The van der Waals surface area contributed by atoms with Gasteiger partial charge in [0.2, 0.25) is 0 Å². The summed E-state index contributed by atoms with van der Waals surface area (Å²) in [5, 5.41) is 17.6. The quantitative estimate of drug-likeness (QED) is 0.745. The Morgan fingerprint density at radius 1 is 1.41 bits per heavy atom. The van der Waals surface area contributed by atoms with Crippen LogP contribution in [0.1, 0.15) is 12.8 Å². The lowest BCUT2D eigenvalue weighted by atomic mass is 9.81. The van der Waals surface area contributed by atoms with Gasteiger partial charge in [-0.1, -0.05) is 0 Å². The second kappa shape index (κ2) is 4.24. The number of piperidine rings is 1. The van der Waals surface area contributed by atoms with Gasteiger partial charge in [0, 0.05) is 6.54 Å². The van der Waals surface area contributed by atoms with Crippen molar-refractivity contribution in [1.82, 2.24) is 4.90 Å². The van der Waals surface area contributed by atoms with Gasteiger partial charge in [-0.25, -0.2) is 0 Å². The number of carbonyl (C=O) groups is 2. The van der Waals surface area contributed by atoms with Crippen LogP contribution in [0.15, 0.2) is 0 Å². The summed E-state index contributed by atoms with van der Waals surface area (Å²) in [6, 6.07) is 1.49. The Balaban J connectivity index is 2.91. The van der Waals surface area contributed by atoms with E-state index in [2.05, 4.69) is 0 Å². The van der Waals surface area contributed by atoms with Crippen molar-refractivity contribution in [3.63, 3.8) is 0 Å². The number of likely N-dealkylation sites (tertiary alicyclic amines) is 1. The Morgan fingerprint density at radius 2 is 2.00 bits per heavy atom. The first-order valence-electron chi connectivity index (χ1n) is 4.74. The zero-order chi connectivity index (χ0) is 13.3. The molecule has 0 saturated carbocycles. The van der Waals surface area contributed by atoms with Gasteiger partial charge in [0.1, 0.15) is 0 Å². The molecule has 1 rings (SSSR count). The monoisotopic (exact) mass is 250 g/mol. The van der Waals surface area contributed by atoms with Crippen molar-refractivity contribution in [3.8, 4) is 6.07 Å². The Morgan fingerprint density at radius 3 is 2.41 bits per heavy atom. The summed E-state index contributed by atoms with van der Waals surface area (Å²) in [7, 11) is 0. The molecule has 0 aromatic rings. The van der Waals surface area contributed by atoms with Gasteiger partial charge in [0.05, 0.1) is 12.6 Å². The number of nitriles is 1. The SMILES string of the molecule is N#CC1(C(=O)O)CCCN(C(=O)C(F)(F)F)C1. The van der Waals surface area contributed by atoms with Crippen molar-refractivity contribution in [2.24, 2.45) is 5.41 Å². The van der Waals surface area contributed by atoms with Crippen molar-refractivity contribution in [2.75, 3.05) is 13.1 Å². The van der Waals surface area contributed by atoms with E-state index in [9.17, 15) is 22.8 Å². The van der Waals surface area contributed by atoms with E-state index >= 15 is 0 Å². The van der Waals surface area contributed by atoms with E-state index in [-0.39, 0.29) is 19.4 Å². The van der Waals surface area contributed by atoms with E-state index in [1.165, 1.54) is 6.07 Å². The lowest BCUT2D eigenvalue weighted by molar-refractivity contribution is -0.188. The molecule has 17 heavy (non-hydrogen) atoms. The lowest BCUT2D eigenvalue weighted by Gasteiger charge is -2.35. The van der Waals surface area contributed by atoms with Crippen LogP contribution >= 0.6 is 0 Å². The number of aliphatic carboxylic acids is 1. The van der Waals surface area contributed by atoms with Crippen LogP contribution in [-0.4, -0.2) is 41.1 Å². The van der Waals surface area contributed by atoms with Crippen LogP contribution in [0.25, 0.3) is 0 Å². The van der Waals surface area contributed by atoms with Gasteiger partial charge >= 0.3 is 18.1 Å². The summed E-state index contributed by atoms with van der Waals surface area (Å²) in [4.78, 5) is 22.2. The Hall–Kier alpha value is -1.78. The fraction of sp³-hybridized carbons (Fsp3) is 0.667. The average molecular weight is 250 g/mol. The van der Waals surface area contributed by atoms with Crippen LogP contribution in [0, 0.1) is 16.7 Å². The zero-order valence-corrected chi connectivity index (χ0v) is 8.62. The summed E-state index contributed by atoms with van der Waals surface area (Å²) < 4.78 is 36.5. The van der Waals surface area contributed by atoms with Gasteiger partial charge in [0.15, 0.2) is 5.41 Å². The van der Waals surface area contributed by atoms with Gasteiger partial charge in [0.25, 0.3) is 0 Å². The molecule has 1 atom stereocenters. The van der Waals surface area contributed by atoms with Crippen molar-refractivity contribution in [3.05, 3.63) is 0 Å². The van der Waals surface area contributed by atoms with Gasteiger partial charge in [-0.05, 0) is 12.8 Å². The maximum atomic E-state index is 12.2. The highest BCUT2D eigenvalue weighted by Gasteiger charge is 2.49. The second-order valence-corrected chi connectivity index (χ2v) is 3.83. The van der Waals surface area contributed by atoms with Gasteiger partial charge in [-0.3, -0.25) is 9.59 Å². The normalized spacial score (nSPS) is 25.2. The number of carboxylic acids is 1. The smallest absolute Gasteiger partial charge is 0.471 e. The predicted octanol–water partition coefficient (Wildman–Crippen LogP) is 0.766. The largest absolute Gasteiger partial charge is 0.480 e. The van der Waals surface area contributed by atoms with E-state index in [1.807, 2.05) is 0 Å². The van der Waals surface area contributed by atoms with Crippen molar-refractivity contribution in [1.29, 1.82) is 5.26 Å². The number of halogens is 3.